The number of allylic oxidation sites excluding steroid dienone is 1. The molecule has 0 aromatic heterocycles. The molecule has 0 aliphatic carbocycles. The first kappa shape index (κ1) is 13.9. The highest BCUT2D eigenvalue weighted by Gasteiger charge is 2.19. The van der Waals surface area contributed by atoms with Gasteiger partial charge in [0.05, 0.1) is 21.3 Å². The first-order valence-corrected chi connectivity index (χ1v) is 10.0. The lowest BCUT2D eigenvalue weighted by Gasteiger charge is -2.26. The maximum Gasteiger partial charge on any atom is 0.0594 e. The molecule has 0 amide bonds. The van der Waals surface area contributed by atoms with Crippen molar-refractivity contribution in [3.8, 4) is 0 Å². The van der Waals surface area contributed by atoms with E-state index in [2.05, 4.69) is 43.6 Å². The maximum absolute atomic E-state index is 5.33. The summed E-state index contributed by atoms with van der Waals surface area (Å²) in [6, 6.07) is 0. The van der Waals surface area contributed by atoms with E-state index in [4.69, 9.17) is 4.74 Å². The van der Waals surface area contributed by atoms with Gasteiger partial charge in [-0.2, -0.15) is 0 Å². The fourth-order valence-electron chi connectivity index (χ4n) is 1.67. The lowest BCUT2D eigenvalue weighted by molar-refractivity contribution is 0.0387. The summed E-state index contributed by atoms with van der Waals surface area (Å²) < 4.78 is 5.33. The molecule has 1 rings (SSSR count). The van der Waals surface area contributed by atoms with E-state index in [-0.39, 0.29) is 0 Å². The van der Waals surface area contributed by atoms with Gasteiger partial charge in [0, 0.05) is 19.6 Å². The highest BCUT2D eigenvalue weighted by atomic mass is 28.3. The molecule has 0 aromatic rings. The Kier molecular flexibility index (Phi) is 5.73. The van der Waals surface area contributed by atoms with Crippen molar-refractivity contribution in [1.29, 1.82) is 0 Å². The number of morpholine rings is 1. The second-order valence-corrected chi connectivity index (χ2v) is 11.5. The summed E-state index contributed by atoms with van der Waals surface area (Å²) in [7, 11) is -0.971. The van der Waals surface area contributed by atoms with Crippen LogP contribution in [0, 0.1) is 0 Å². The van der Waals surface area contributed by atoms with E-state index in [1.165, 1.54) is 13.0 Å². The van der Waals surface area contributed by atoms with Crippen molar-refractivity contribution in [2.24, 2.45) is 0 Å². The summed E-state index contributed by atoms with van der Waals surface area (Å²) in [6.45, 7) is 14.9. The van der Waals surface area contributed by atoms with Crippen LogP contribution in [0.3, 0.4) is 0 Å². The van der Waals surface area contributed by atoms with Crippen LogP contribution in [-0.2, 0) is 4.74 Å². The zero-order valence-corrected chi connectivity index (χ0v) is 12.3. The van der Waals surface area contributed by atoms with Gasteiger partial charge >= 0.3 is 0 Å². The monoisotopic (exact) mass is 241 g/mol. The third-order valence-electron chi connectivity index (χ3n) is 3.51. The lowest BCUT2D eigenvalue weighted by Crippen LogP contribution is -2.36. The molecule has 1 heterocycles. The minimum atomic E-state index is -0.971. The summed E-state index contributed by atoms with van der Waals surface area (Å²) in [5.41, 5.74) is 0.789. The van der Waals surface area contributed by atoms with E-state index in [9.17, 15) is 0 Å². The quantitative estimate of drug-likeness (QED) is 0.542. The zero-order valence-electron chi connectivity index (χ0n) is 11.3. The Labute approximate surface area is 102 Å². The van der Waals surface area contributed by atoms with Crippen molar-refractivity contribution >= 4 is 8.07 Å². The van der Waals surface area contributed by atoms with E-state index in [1.54, 1.807) is 0 Å². The molecule has 0 radical (unpaired) electrons. The Balaban J connectivity index is 2.16. The summed E-state index contributed by atoms with van der Waals surface area (Å²) in [6.07, 6.45) is 5.99. The molecule has 1 saturated heterocycles. The van der Waals surface area contributed by atoms with E-state index < -0.39 is 8.07 Å². The molecule has 1 aliphatic rings. The van der Waals surface area contributed by atoms with Crippen LogP contribution < -0.4 is 0 Å². The number of rotatable bonds is 5. The molecule has 16 heavy (non-hydrogen) atoms. The van der Waals surface area contributed by atoms with Gasteiger partial charge in [-0.25, -0.2) is 0 Å². The zero-order chi connectivity index (χ0) is 12.0. The number of hydrogen-bond donors (Lipinski definition) is 0. The number of hydrogen-bond acceptors (Lipinski definition) is 2. The highest BCUT2D eigenvalue weighted by Crippen LogP contribution is 2.22. The predicted octanol–water partition coefficient (Wildman–Crippen LogP) is 2.99. The largest absolute Gasteiger partial charge is 0.379 e. The molecule has 1 aliphatic heterocycles. The molecular formula is C13H27NOSi. The Morgan fingerprint density at radius 2 is 1.88 bits per heavy atom. The fraction of sp³-hybridized carbons (Fsp3) is 0.846. The van der Waals surface area contributed by atoms with E-state index >= 15 is 0 Å². The van der Waals surface area contributed by atoms with Crippen LogP contribution >= 0.6 is 0 Å². The minimum Gasteiger partial charge on any atom is -0.379 e. The van der Waals surface area contributed by atoms with Gasteiger partial charge in [-0.05, 0) is 12.0 Å². The van der Waals surface area contributed by atoms with Crippen LogP contribution in [-0.4, -0.2) is 45.8 Å². The van der Waals surface area contributed by atoms with Crippen molar-refractivity contribution < 1.29 is 4.74 Å². The minimum absolute atomic E-state index is 0.789. The third-order valence-corrected chi connectivity index (χ3v) is 6.43. The maximum atomic E-state index is 5.33. The Morgan fingerprint density at radius 1 is 1.25 bits per heavy atom. The molecule has 3 heteroatoms. The molecule has 1 unspecified atom stereocenters. The van der Waals surface area contributed by atoms with Crippen LogP contribution in [0.5, 0.6) is 0 Å². The van der Waals surface area contributed by atoms with Crippen molar-refractivity contribution in [3.63, 3.8) is 0 Å². The van der Waals surface area contributed by atoms with Crippen molar-refractivity contribution in [1.82, 2.24) is 4.90 Å². The van der Waals surface area contributed by atoms with Gasteiger partial charge in [-0.3, -0.25) is 4.90 Å². The molecule has 1 fully saturated rings. The van der Waals surface area contributed by atoms with Gasteiger partial charge in [0.2, 0.25) is 0 Å². The molecular weight excluding hydrogens is 214 g/mol. The molecule has 94 valence electrons. The molecule has 0 N–H and O–H groups in total. The molecule has 1 atom stereocenters. The van der Waals surface area contributed by atoms with E-state index in [1.807, 2.05) is 0 Å². The molecule has 2 nitrogen and oxygen atoms in total. The Hall–Kier alpha value is -0.123. The molecule has 0 saturated carbocycles. The second kappa shape index (κ2) is 6.57. The normalized spacial score (nSPS) is 21.5. The first-order valence-electron chi connectivity index (χ1n) is 6.47. The SMILES string of the molecule is CC(C=CCCN1CCOCC1)[Si](C)(C)C. The third kappa shape index (κ3) is 5.28. The van der Waals surface area contributed by atoms with Crippen LogP contribution in [0.15, 0.2) is 12.2 Å². The van der Waals surface area contributed by atoms with Gasteiger partial charge in [0.1, 0.15) is 0 Å². The van der Waals surface area contributed by atoms with Crippen molar-refractivity contribution in [2.75, 3.05) is 32.8 Å². The summed E-state index contributed by atoms with van der Waals surface area (Å²) in [5, 5.41) is 0. The topological polar surface area (TPSA) is 12.5 Å². The Morgan fingerprint density at radius 3 is 2.44 bits per heavy atom. The van der Waals surface area contributed by atoms with E-state index in [0.717, 1.165) is 31.8 Å². The summed E-state index contributed by atoms with van der Waals surface area (Å²) in [4.78, 5) is 2.49. The predicted molar refractivity (Wildman–Crippen MR) is 73.8 cm³/mol. The molecule has 0 spiro atoms. The lowest BCUT2D eigenvalue weighted by atomic mass is 10.3. The van der Waals surface area contributed by atoms with Gasteiger partial charge in [-0.1, -0.05) is 38.7 Å². The van der Waals surface area contributed by atoms with Crippen LogP contribution in [0.2, 0.25) is 25.2 Å². The fourth-order valence-corrected chi connectivity index (χ4v) is 2.38. The number of ether oxygens (including phenoxy) is 1. The van der Waals surface area contributed by atoms with Gasteiger partial charge in [0.25, 0.3) is 0 Å². The highest BCUT2D eigenvalue weighted by molar-refractivity contribution is 6.77. The van der Waals surface area contributed by atoms with Crippen molar-refractivity contribution in [2.45, 2.75) is 38.5 Å². The summed E-state index contributed by atoms with van der Waals surface area (Å²) in [5.74, 6) is 0. The van der Waals surface area contributed by atoms with E-state index in [0.29, 0.717) is 0 Å². The molecule has 0 aromatic carbocycles. The average molecular weight is 241 g/mol. The molecule has 0 bridgehead atoms. The first-order chi connectivity index (χ1) is 7.50. The Bertz CT molecular complexity index is 216. The van der Waals surface area contributed by atoms with Gasteiger partial charge < -0.3 is 4.74 Å². The van der Waals surface area contributed by atoms with Gasteiger partial charge in [-0.15, -0.1) is 0 Å². The van der Waals surface area contributed by atoms with Crippen LogP contribution in [0.1, 0.15) is 13.3 Å². The van der Waals surface area contributed by atoms with Crippen molar-refractivity contribution in [3.05, 3.63) is 12.2 Å². The average Bonchev–Trinajstić information content (AvgIpc) is 2.24. The smallest absolute Gasteiger partial charge is 0.0594 e. The van der Waals surface area contributed by atoms with Crippen LogP contribution in [0.4, 0.5) is 0 Å². The second-order valence-electron chi connectivity index (χ2n) is 5.83. The number of nitrogens with zero attached hydrogens (tertiary/aromatic N) is 1. The van der Waals surface area contributed by atoms with Gasteiger partial charge in [0.15, 0.2) is 0 Å². The van der Waals surface area contributed by atoms with Crippen LogP contribution in [0.25, 0.3) is 0 Å². The summed E-state index contributed by atoms with van der Waals surface area (Å²) >= 11 is 0. The standard InChI is InChI=1S/C13H27NOSi/c1-13(16(2,3)4)7-5-6-8-14-9-11-15-12-10-14/h5,7,13H,6,8-12H2,1-4H3.